The molecule has 14 nitrogen and oxygen atoms in total. The number of aliphatic carboxylic acids is 3. The second-order valence-corrected chi connectivity index (χ2v) is 6.92. The van der Waals surface area contributed by atoms with Crippen molar-refractivity contribution in [1.82, 2.24) is 0 Å². The lowest BCUT2D eigenvalue weighted by molar-refractivity contribution is -0.139. The zero-order chi connectivity index (χ0) is 25.1. The van der Waals surface area contributed by atoms with Crippen molar-refractivity contribution in [2.45, 2.75) is 64.1 Å². The Bertz CT molecular complexity index is 581. The Hall–Kier alpha value is -2.97. The van der Waals surface area contributed by atoms with Crippen LogP contribution in [0.2, 0.25) is 0 Å². The van der Waals surface area contributed by atoms with Crippen LogP contribution in [0.3, 0.4) is 0 Å². The van der Waals surface area contributed by atoms with E-state index in [1.165, 1.54) is 0 Å². The summed E-state index contributed by atoms with van der Waals surface area (Å²) in [6.07, 6.45) is 1.63. The summed E-state index contributed by atoms with van der Waals surface area (Å²) in [6, 6.07) is -2.49. The molecule has 0 radical (unpaired) electrons. The van der Waals surface area contributed by atoms with Gasteiger partial charge in [-0.2, -0.15) is 0 Å². The monoisotopic (exact) mass is 451 g/mol. The van der Waals surface area contributed by atoms with Crippen LogP contribution in [0, 0.1) is 5.92 Å². The molecule has 0 rings (SSSR count). The van der Waals surface area contributed by atoms with Crippen molar-refractivity contribution >= 4 is 29.8 Å². The van der Waals surface area contributed by atoms with Gasteiger partial charge in [0.1, 0.15) is 18.1 Å². The first-order chi connectivity index (χ1) is 14.1. The molecule has 0 aromatic rings. The third-order valence-corrected chi connectivity index (χ3v) is 3.35. The summed E-state index contributed by atoms with van der Waals surface area (Å²) in [6.45, 7) is 4.31. The summed E-state index contributed by atoms with van der Waals surface area (Å²) in [5, 5.41) is 24.9. The van der Waals surface area contributed by atoms with E-state index in [0.29, 0.717) is 31.7 Å². The molecular formula is C17H37N7O7. The number of carbonyl (C=O) groups is 4. The third kappa shape index (κ3) is 27.0. The molecule has 0 saturated carbocycles. The van der Waals surface area contributed by atoms with Gasteiger partial charge in [0.15, 0.2) is 5.96 Å². The second kappa shape index (κ2) is 19.0. The van der Waals surface area contributed by atoms with Gasteiger partial charge in [-0.05, 0) is 31.6 Å². The molecule has 0 aromatic carbocycles. The van der Waals surface area contributed by atoms with E-state index in [0.717, 1.165) is 0 Å². The fourth-order valence-corrected chi connectivity index (χ4v) is 1.67. The molecule has 0 saturated heterocycles. The van der Waals surface area contributed by atoms with Crippen LogP contribution in [-0.4, -0.2) is 69.8 Å². The van der Waals surface area contributed by atoms with Crippen molar-refractivity contribution in [1.29, 1.82) is 0 Å². The van der Waals surface area contributed by atoms with Crippen LogP contribution in [0.25, 0.3) is 0 Å². The average molecular weight is 452 g/mol. The van der Waals surface area contributed by atoms with E-state index in [2.05, 4.69) is 4.99 Å². The molecule has 3 atom stereocenters. The number of amides is 1. The predicted octanol–water partition coefficient (Wildman–Crippen LogP) is -2.44. The highest BCUT2D eigenvalue weighted by Gasteiger charge is 2.12. The van der Waals surface area contributed by atoms with Gasteiger partial charge >= 0.3 is 17.9 Å². The molecule has 0 unspecified atom stereocenters. The molecule has 182 valence electrons. The third-order valence-electron chi connectivity index (χ3n) is 3.35. The Morgan fingerprint density at radius 3 is 1.48 bits per heavy atom. The maximum absolute atomic E-state index is 10.2. The van der Waals surface area contributed by atoms with Gasteiger partial charge < -0.3 is 49.7 Å². The first-order valence-electron chi connectivity index (χ1n) is 9.40. The highest BCUT2D eigenvalue weighted by Crippen LogP contribution is 2.01. The highest BCUT2D eigenvalue weighted by atomic mass is 16.4. The Kier molecular flexibility index (Phi) is 20.1. The van der Waals surface area contributed by atoms with Crippen molar-refractivity contribution in [3.63, 3.8) is 0 Å². The smallest absolute Gasteiger partial charge is 0.320 e. The molecule has 0 fully saturated rings. The van der Waals surface area contributed by atoms with E-state index in [1.807, 2.05) is 13.8 Å². The Morgan fingerprint density at radius 1 is 0.774 bits per heavy atom. The Labute approximate surface area is 181 Å². The summed E-state index contributed by atoms with van der Waals surface area (Å²) in [4.78, 5) is 44.1. The largest absolute Gasteiger partial charge is 0.480 e. The number of carbonyl (C=O) groups excluding carboxylic acids is 1. The number of carboxylic acids is 3. The van der Waals surface area contributed by atoms with Crippen LogP contribution in [0.4, 0.5) is 0 Å². The highest BCUT2D eigenvalue weighted by molar-refractivity contribution is 5.77. The summed E-state index contributed by atoms with van der Waals surface area (Å²) >= 11 is 0. The quantitative estimate of drug-likeness (QED) is 0.0848. The molecule has 0 heterocycles. The van der Waals surface area contributed by atoms with E-state index in [1.54, 1.807) is 0 Å². The van der Waals surface area contributed by atoms with Gasteiger partial charge in [-0.3, -0.25) is 24.2 Å². The zero-order valence-electron chi connectivity index (χ0n) is 17.9. The van der Waals surface area contributed by atoms with E-state index in [9.17, 15) is 19.2 Å². The van der Waals surface area contributed by atoms with E-state index >= 15 is 0 Å². The lowest BCUT2D eigenvalue weighted by atomic mass is 10.1. The SMILES string of the molecule is CC(C)C[C@H](N)C(=O)O.NC(=O)CC[C@H](N)C(=O)O.NC(N)=NCCC[C@H](N)C(=O)O. The van der Waals surface area contributed by atoms with E-state index in [-0.39, 0.29) is 18.8 Å². The fraction of sp³-hybridized carbons (Fsp3) is 0.706. The van der Waals surface area contributed by atoms with Gasteiger partial charge in [-0.15, -0.1) is 0 Å². The number of carboxylic acid groups (broad SMARTS) is 3. The summed E-state index contributed by atoms with van der Waals surface area (Å²) in [7, 11) is 0. The Balaban J connectivity index is -0.000000384. The number of rotatable bonds is 12. The number of hydrogen-bond acceptors (Lipinski definition) is 8. The fourth-order valence-electron chi connectivity index (χ4n) is 1.67. The zero-order valence-corrected chi connectivity index (χ0v) is 17.9. The number of nitrogens with two attached hydrogens (primary N) is 6. The van der Waals surface area contributed by atoms with Crippen molar-refractivity contribution < 1.29 is 34.5 Å². The minimum absolute atomic E-state index is 0.0129. The normalized spacial score (nSPS) is 12.7. The maximum Gasteiger partial charge on any atom is 0.320 e. The lowest BCUT2D eigenvalue weighted by Crippen LogP contribution is -2.31. The first-order valence-corrected chi connectivity index (χ1v) is 9.40. The standard InChI is InChI=1S/C6H14N4O2.C6H13NO2.C5H10N2O3/c7-4(5(11)12)2-1-3-10-6(8)9;1-4(2)3-5(7)6(8)9;6-3(5(9)10)1-2-4(7)8/h4H,1-3,7H2,(H,11,12)(H4,8,9,10);4-5H,3,7H2,1-2H3,(H,8,9);3H,1-2,6H2,(H2,7,8)(H,9,10)/t4-;5-;3-/m000/s1. The van der Waals surface area contributed by atoms with Crippen molar-refractivity contribution in [3.8, 4) is 0 Å². The number of primary amides is 1. The van der Waals surface area contributed by atoms with Gasteiger partial charge in [-0.25, -0.2) is 0 Å². The van der Waals surface area contributed by atoms with Gasteiger partial charge in [-0.1, -0.05) is 13.8 Å². The molecule has 0 aromatic heterocycles. The lowest BCUT2D eigenvalue weighted by Gasteiger charge is -2.07. The number of guanidine groups is 1. The molecule has 14 heteroatoms. The first kappa shape index (κ1) is 32.7. The summed E-state index contributed by atoms with van der Waals surface area (Å²) < 4.78 is 0. The van der Waals surface area contributed by atoms with Gasteiger partial charge in [0.2, 0.25) is 5.91 Å². The maximum atomic E-state index is 10.2. The van der Waals surface area contributed by atoms with Crippen molar-refractivity contribution in [2.24, 2.45) is 45.3 Å². The van der Waals surface area contributed by atoms with E-state index < -0.39 is 41.9 Å². The van der Waals surface area contributed by atoms with Gasteiger partial charge in [0, 0.05) is 13.0 Å². The van der Waals surface area contributed by atoms with Crippen molar-refractivity contribution in [3.05, 3.63) is 0 Å². The molecule has 31 heavy (non-hydrogen) atoms. The average Bonchev–Trinajstić information content (AvgIpc) is 2.63. The van der Waals surface area contributed by atoms with Crippen LogP contribution in [-0.2, 0) is 19.2 Å². The van der Waals surface area contributed by atoms with E-state index in [4.69, 9.17) is 49.7 Å². The van der Waals surface area contributed by atoms with Crippen LogP contribution in [0.1, 0.15) is 46.0 Å². The topological polar surface area (TPSA) is 297 Å². The number of nitrogens with zero attached hydrogens (tertiary/aromatic N) is 1. The second-order valence-electron chi connectivity index (χ2n) is 6.92. The summed E-state index contributed by atoms with van der Waals surface area (Å²) in [5.41, 5.74) is 30.4. The predicted molar refractivity (Wildman–Crippen MR) is 115 cm³/mol. The van der Waals surface area contributed by atoms with Crippen LogP contribution < -0.4 is 34.4 Å². The Morgan fingerprint density at radius 2 is 1.19 bits per heavy atom. The van der Waals surface area contributed by atoms with Gasteiger partial charge in [0.25, 0.3) is 0 Å². The minimum atomic E-state index is -1.11. The number of hydrogen-bond donors (Lipinski definition) is 9. The molecule has 1 amide bonds. The summed E-state index contributed by atoms with van der Waals surface area (Å²) in [5.74, 6) is -3.18. The molecule has 15 N–H and O–H groups in total. The van der Waals surface area contributed by atoms with Crippen molar-refractivity contribution in [2.75, 3.05) is 6.54 Å². The molecule has 0 bridgehead atoms. The van der Waals surface area contributed by atoms with Crippen LogP contribution >= 0.6 is 0 Å². The molecule has 0 aliphatic heterocycles. The molecule has 0 spiro atoms. The van der Waals surface area contributed by atoms with Crippen LogP contribution in [0.15, 0.2) is 4.99 Å². The minimum Gasteiger partial charge on any atom is -0.480 e. The van der Waals surface area contributed by atoms with Gasteiger partial charge in [0.05, 0.1) is 0 Å². The number of aliphatic imine (C=N–C) groups is 1. The molecular weight excluding hydrogens is 414 g/mol. The molecule has 0 aliphatic rings. The van der Waals surface area contributed by atoms with Crippen LogP contribution in [0.5, 0.6) is 0 Å². The molecule has 0 aliphatic carbocycles.